The van der Waals surface area contributed by atoms with Gasteiger partial charge in [0.05, 0.1) is 0 Å². The Balaban J connectivity index is 0.00000361. The minimum atomic E-state index is -0.210. The van der Waals surface area contributed by atoms with E-state index in [1.807, 2.05) is 0 Å². The molecule has 9 aromatic rings. The summed E-state index contributed by atoms with van der Waals surface area (Å²) in [6, 6.07) is 59.0. The summed E-state index contributed by atoms with van der Waals surface area (Å²) in [6.07, 6.45) is 6.95. The molecule has 0 N–H and O–H groups in total. The Morgan fingerprint density at radius 3 is 1.63 bits per heavy atom. The van der Waals surface area contributed by atoms with Crippen molar-refractivity contribution in [1.29, 1.82) is 0 Å². The van der Waals surface area contributed by atoms with E-state index in [1.54, 1.807) is 0 Å². The lowest BCUT2D eigenvalue weighted by atomic mass is 9.77. The Morgan fingerprint density at radius 1 is 0.426 bits per heavy atom. The van der Waals surface area contributed by atoms with Crippen LogP contribution in [0.3, 0.4) is 0 Å². The average molecular weight is 709 g/mol. The van der Waals surface area contributed by atoms with Gasteiger partial charge in [-0.05, 0) is 135 Å². The lowest BCUT2D eigenvalue weighted by Crippen LogP contribution is -2.16. The van der Waals surface area contributed by atoms with E-state index in [0.29, 0.717) is 0 Å². The van der Waals surface area contributed by atoms with Gasteiger partial charge < -0.3 is 0 Å². The second-order valence-electron chi connectivity index (χ2n) is 15.4. The van der Waals surface area contributed by atoms with Gasteiger partial charge in [0, 0.05) is 5.41 Å². The molecule has 0 aliphatic heterocycles. The summed E-state index contributed by atoms with van der Waals surface area (Å²) in [7, 11) is 0. The number of hydrogen-bond acceptors (Lipinski definition) is 0. The third-order valence-corrected chi connectivity index (χ3v) is 12.3. The summed E-state index contributed by atoms with van der Waals surface area (Å²) in [5.74, 6) is 0. The summed E-state index contributed by atoms with van der Waals surface area (Å²) in [5.41, 5.74) is 16.3. The number of hydrogen-bond donors (Lipinski definition) is 0. The Morgan fingerprint density at radius 2 is 0.944 bits per heavy atom. The van der Waals surface area contributed by atoms with E-state index >= 15 is 0 Å². The van der Waals surface area contributed by atoms with E-state index < -0.39 is 0 Å². The van der Waals surface area contributed by atoms with Crippen molar-refractivity contribution in [2.75, 3.05) is 0 Å². The highest BCUT2D eigenvalue weighted by Gasteiger charge is 2.40. The van der Waals surface area contributed by atoms with Crippen LogP contribution >= 0.6 is 13.5 Å². The second-order valence-corrected chi connectivity index (χ2v) is 15.4. The summed E-state index contributed by atoms with van der Waals surface area (Å²) in [6.45, 7) is 4.91. The van der Waals surface area contributed by atoms with Gasteiger partial charge >= 0.3 is 0 Å². The molecule has 0 heterocycles. The number of allylic oxidation sites excluding steroid dienone is 1. The van der Waals surface area contributed by atoms with Gasteiger partial charge in [-0.15, -0.1) is 0 Å². The summed E-state index contributed by atoms with van der Waals surface area (Å²) < 4.78 is 0. The summed E-state index contributed by atoms with van der Waals surface area (Å²) in [4.78, 5) is 0. The van der Waals surface area contributed by atoms with Gasteiger partial charge in [0.1, 0.15) is 0 Å². The molecule has 0 aromatic heterocycles. The summed E-state index contributed by atoms with van der Waals surface area (Å²) in [5, 5.41) is 10.4. The highest BCUT2D eigenvalue weighted by Crippen LogP contribution is 2.58. The summed E-state index contributed by atoms with van der Waals surface area (Å²) >= 11 is 0. The second kappa shape index (κ2) is 12.3. The van der Waals surface area contributed by atoms with Gasteiger partial charge in [-0.1, -0.05) is 172 Å². The molecule has 0 unspecified atom stereocenters. The average Bonchev–Trinajstić information content (AvgIpc) is 3.45. The van der Waals surface area contributed by atoms with Gasteiger partial charge in [0.25, 0.3) is 0 Å². The van der Waals surface area contributed by atoms with Crippen LogP contribution in [0.1, 0.15) is 42.5 Å². The van der Waals surface area contributed by atoms with Crippen molar-refractivity contribution >= 4 is 62.7 Å². The van der Waals surface area contributed by atoms with Crippen molar-refractivity contribution in [3.8, 4) is 44.5 Å². The molecule has 0 spiro atoms. The molecular weight excluding hydrogens is 669 g/mol. The molecule has 258 valence electrons. The third-order valence-electron chi connectivity index (χ3n) is 12.3. The maximum atomic E-state index is 2.57. The number of benzene rings is 9. The van der Waals surface area contributed by atoms with Gasteiger partial charge in [0.15, 0.2) is 0 Å². The van der Waals surface area contributed by atoms with Crippen LogP contribution in [0, 0.1) is 0 Å². The molecule has 0 atom stereocenters. The molecule has 0 radical (unpaired) electrons. The molecule has 0 fully saturated rings. The first-order chi connectivity index (χ1) is 26.1. The highest BCUT2D eigenvalue weighted by molar-refractivity contribution is 7.59. The van der Waals surface area contributed by atoms with Crippen LogP contribution in [-0.2, 0) is 11.8 Å². The molecule has 2 aliphatic rings. The zero-order valence-corrected chi connectivity index (χ0v) is 31.6. The maximum Gasteiger partial charge on any atom is 0.0159 e. The third kappa shape index (κ3) is 4.58. The molecule has 0 saturated carbocycles. The molecule has 1 heteroatoms. The van der Waals surface area contributed by atoms with E-state index in [1.165, 1.54) is 110 Å². The SMILES string of the molecule is CC1(C)c2cc(-c3cccc4ccccc34)c3c(c2-c2c1cc(-c1c4ccccc4c(-c4ccccc4)c4ccccc14)c1ccccc21)C=CCC3.S. The predicted molar refractivity (Wildman–Crippen MR) is 238 cm³/mol. The zero-order chi connectivity index (χ0) is 35.3. The fourth-order valence-corrected chi connectivity index (χ4v) is 9.91. The molecule has 0 nitrogen and oxygen atoms in total. The minimum absolute atomic E-state index is 0. The van der Waals surface area contributed by atoms with Crippen LogP contribution in [0.2, 0.25) is 0 Å². The normalized spacial score (nSPS) is 13.9. The molecule has 2 aliphatic carbocycles. The van der Waals surface area contributed by atoms with Crippen LogP contribution in [0.5, 0.6) is 0 Å². The first kappa shape index (κ1) is 32.7. The fraction of sp³-hybridized carbons (Fsp3) is 0.0943. The van der Waals surface area contributed by atoms with E-state index in [-0.39, 0.29) is 18.9 Å². The van der Waals surface area contributed by atoms with Crippen molar-refractivity contribution in [1.82, 2.24) is 0 Å². The van der Waals surface area contributed by atoms with Crippen molar-refractivity contribution in [3.63, 3.8) is 0 Å². The standard InChI is InChI=1S/C53H38.H2S/c1-53(2)47-31-45(36-30-16-20-33-17-6-7-21-35(33)36)37-22-8-10-24-39(37)51(47)52-40-25-11-9-23-38(40)46(32-48(52)53)50-43-28-14-12-26-41(43)49(34-18-4-3-5-19-34)42-27-13-15-29-44(42)50;/h3-7,9-21,23-32H,8,22H2,1-2H3;1H2. The smallest absolute Gasteiger partial charge is 0.0159 e. The largest absolute Gasteiger partial charge is 0.197 e. The van der Waals surface area contributed by atoms with Crippen molar-refractivity contribution in [2.24, 2.45) is 0 Å². The number of fused-ring (bicyclic) bond motifs is 10. The van der Waals surface area contributed by atoms with E-state index in [9.17, 15) is 0 Å². The predicted octanol–water partition coefficient (Wildman–Crippen LogP) is 14.7. The van der Waals surface area contributed by atoms with Gasteiger partial charge in [-0.25, -0.2) is 0 Å². The van der Waals surface area contributed by atoms with Crippen molar-refractivity contribution < 1.29 is 0 Å². The zero-order valence-electron chi connectivity index (χ0n) is 30.6. The molecule has 9 aromatic carbocycles. The Labute approximate surface area is 323 Å². The topological polar surface area (TPSA) is 0 Å². The highest BCUT2D eigenvalue weighted by atomic mass is 32.1. The number of rotatable bonds is 3. The minimum Gasteiger partial charge on any atom is -0.197 e. The van der Waals surface area contributed by atoms with Gasteiger partial charge in [0.2, 0.25) is 0 Å². The van der Waals surface area contributed by atoms with Gasteiger partial charge in [-0.2, -0.15) is 13.5 Å². The van der Waals surface area contributed by atoms with E-state index in [0.717, 1.165) is 12.8 Å². The van der Waals surface area contributed by atoms with Gasteiger partial charge in [-0.3, -0.25) is 0 Å². The van der Waals surface area contributed by atoms with Crippen molar-refractivity contribution in [3.05, 3.63) is 186 Å². The Kier molecular flexibility index (Phi) is 7.48. The molecule has 0 saturated heterocycles. The fourth-order valence-electron chi connectivity index (χ4n) is 9.91. The molecular formula is C53H40S. The Bertz CT molecular complexity index is 2950. The van der Waals surface area contributed by atoms with Crippen LogP contribution in [-0.4, -0.2) is 0 Å². The van der Waals surface area contributed by atoms with E-state index in [4.69, 9.17) is 0 Å². The quantitative estimate of drug-likeness (QED) is 0.160. The van der Waals surface area contributed by atoms with E-state index in [2.05, 4.69) is 184 Å². The van der Waals surface area contributed by atoms with Crippen LogP contribution in [0.15, 0.2) is 164 Å². The monoisotopic (exact) mass is 708 g/mol. The Hall–Kier alpha value is -5.89. The van der Waals surface area contributed by atoms with Crippen LogP contribution < -0.4 is 0 Å². The lowest BCUT2D eigenvalue weighted by molar-refractivity contribution is 0.661. The first-order valence-electron chi connectivity index (χ1n) is 19.0. The van der Waals surface area contributed by atoms with Crippen LogP contribution in [0.4, 0.5) is 0 Å². The first-order valence-corrected chi connectivity index (χ1v) is 19.0. The molecule has 0 amide bonds. The lowest BCUT2D eigenvalue weighted by Gasteiger charge is -2.26. The molecule has 11 rings (SSSR count). The maximum absolute atomic E-state index is 2.57. The van der Waals surface area contributed by atoms with Crippen LogP contribution in [0.25, 0.3) is 93.7 Å². The molecule has 54 heavy (non-hydrogen) atoms. The van der Waals surface area contributed by atoms with Crippen molar-refractivity contribution in [2.45, 2.75) is 32.1 Å². The molecule has 0 bridgehead atoms.